The second kappa shape index (κ2) is 67.8. The lowest BCUT2D eigenvalue weighted by Gasteiger charge is -2.31. The Morgan fingerprint density at radius 3 is 1.35 bits per heavy atom. The number of cyclic esters (lactones) is 1. The average Bonchev–Trinajstić information content (AvgIpc) is 1.54. The number of carbonyl (C=O) groups is 15. The number of benzene rings is 1. The molecule has 3 aliphatic rings. The van der Waals surface area contributed by atoms with Crippen LogP contribution in [0.15, 0.2) is 35.1 Å². The van der Waals surface area contributed by atoms with Gasteiger partial charge >= 0.3 is 29.9 Å². The zero-order valence-electron chi connectivity index (χ0n) is 89.2. The lowest BCUT2D eigenvalue weighted by atomic mass is 9.86. The summed E-state index contributed by atoms with van der Waals surface area (Å²) in [5, 5.41) is 38.7. The van der Waals surface area contributed by atoms with Gasteiger partial charge < -0.3 is 143 Å². The number of carbonyl (C=O) groups excluding carboxylic acids is 15. The first-order chi connectivity index (χ1) is 71.4. The molecule has 3 aromatic rings. The molecule has 6 rings (SSSR count). The Bertz CT molecular complexity index is 4930. The molecule has 0 aliphatic carbocycles. The Hall–Kier alpha value is -11.4. The van der Waals surface area contributed by atoms with Gasteiger partial charge in [0, 0.05) is 106 Å². The summed E-state index contributed by atoms with van der Waals surface area (Å²) in [6, 6.07) is -2.64. The standard InChI is InChI=1S/C102H158FN13O34/c1-15-69-70-62-80(74(103)64-78(70)111-90-71(69)65-116-79(90)63-73-72(94(116)128)66-147-97(131)102(73,133)16-2)146-43-35-108-91(125)68(5)109-93(127)89(67(3)4)114-92(126)75(110-85(121)21-19-36-115-86(122)25-26-87(115)123)20-17-18-31-104-82(118)28-37-134-44-50-140-56-60-144-54-48-138-41-33-106-84(120)30-39-136-46-52-142-58-61-145-55-49-139-42-34-107-83(119)29-38-135-45-51-141-57-59-143-53-47-137-40-32-105-81(117)24-22-76(95(129)149-100(9,10)11)112-98(132)113-77(96(130)150-101(12,13)14)23-27-88(124)148-99(6,7)8/h25-26,62-64,67-68,75-77,89,133H,15-24,27-61,65-66H2,1-14H3,(H,104,118)(H,105,117)(H,106,120)(H,107,119)(H,108,125)(H,109,127)(H,110,121)(H,114,126)(H2,112,113,132)/t68-,75-,76-,77-,89-,102-/m0/s1. The molecule has 2 aromatic heterocycles. The van der Waals surface area contributed by atoms with Crippen LogP contribution >= 0.6 is 0 Å². The molecular formula is C102H158FN13O34. The van der Waals surface area contributed by atoms with Crippen LogP contribution in [0.1, 0.15) is 203 Å². The Balaban J connectivity index is 0.687. The van der Waals surface area contributed by atoms with Gasteiger partial charge in [-0.15, -0.1) is 0 Å². The number of nitrogens with zero attached hydrogens (tertiary/aromatic N) is 3. The number of fused-ring (bicyclic) bond motifs is 5. The summed E-state index contributed by atoms with van der Waals surface area (Å²) in [6.07, 6.45) is 3.21. The van der Waals surface area contributed by atoms with Crippen molar-refractivity contribution in [2.75, 3.05) is 204 Å². The maximum absolute atomic E-state index is 15.8. The molecule has 150 heavy (non-hydrogen) atoms. The van der Waals surface area contributed by atoms with Gasteiger partial charge in [-0.1, -0.05) is 27.7 Å². The minimum atomic E-state index is -2.02. The molecule has 0 spiro atoms. The summed E-state index contributed by atoms with van der Waals surface area (Å²) in [5.41, 5.74) is -2.16. The van der Waals surface area contributed by atoms with Crippen LogP contribution in [0.3, 0.4) is 0 Å². The van der Waals surface area contributed by atoms with Gasteiger partial charge in [0.05, 0.1) is 194 Å². The highest BCUT2D eigenvalue weighted by Gasteiger charge is 2.46. The van der Waals surface area contributed by atoms with Crippen molar-refractivity contribution in [3.63, 3.8) is 0 Å². The average molecular weight is 2130 g/mol. The van der Waals surface area contributed by atoms with E-state index in [1.54, 1.807) is 89.2 Å². The van der Waals surface area contributed by atoms with Crippen molar-refractivity contribution in [2.45, 2.75) is 253 Å². The second-order valence-corrected chi connectivity index (χ2v) is 38.6. The number of aryl methyl sites for hydroxylation is 1. The minimum Gasteiger partial charge on any atom is -0.489 e. The molecule has 12 amide bonds. The number of aromatic nitrogens is 2. The molecular weight excluding hydrogens is 1970 g/mol. The zero-order chi connectivity index (χ0) is 110. The van der Waals surface area contributed by atoms with Crippen LogP contribution in [-0.2, 0) is 168 Å². The quantitative estimate of drug-likeness (QED) is 0.0131. The van der Waals surface area contributed by atoms with Crippen molar-refractivity contribution in [3.8, 4) is 17.1 Å². The maximum Gasteiger partial charge on any atom is 0.343 e. The third-order valence-electron chi connectivity index (χ3n) is 22.6. The van der Waals surface area contributed by atoms with Crippen molar-refractivity contribution >= 4 is 99.9 Å². The molecule has 1 aromatic carbocycles. The molecule has 48 heteroatoms. The molecule has 11 N–H and O–H groups in total. The number of imide groups is 1. The maximum atomic E-state index is 15.8. The van der Waals surface area contributed by atoms with Crippen LogP contribution in [0.2, 0.25) is 0 Å². The monoisotopic (exact) mass is 2130 g/mol. The molecule has 0 bridgehead atoms. The Kier molecular flexibility index (Phi) is 57.5. The zero-order valence-corrected chi connectivity index (χ0v) is 89.2. The van der Waals surface area contributed by atoms with Crippen LogP contribution in [0.4, 0.5) is 9.18 Å². The van der Waals surface area contributed by atoms with Crippen LogP contribution in [0, 0.1) is 11.7 Å². The summed E-state index contributed by atoms with van der Waals surface area (Å²) in [6.45, 7) is 30.6. The number of unbranched alkanes of at least 4 members (excludes halogenated alkanes) is 1. The molecule has 0 saturated carbocycles. The van der Waals surface area contributed by atoms with Gasteiger partial charge in [-0.2, -0.15) is 0 Å². The molecule has 0 radical (unpaired) electrons. The topological polar surface area (TPSA) is 592 Å². The highest BCUT2D eigenvalue weighted by molar-refractivity contribution is 6.13. The van der Waals surface area contributed by atoms with Gasteiger partial charge in [0.15, 0.2) is 17.2 Å². The molecule has 0 unspecified atom stereocenters. The number of aliphatic hydroxyl groups is 1. The number of urea groups is 1. The van der Waals surface area contributed by atoms with Crippen molar-refractivity contribution in [2.24, 2.45) is 5.92 Å². The number of pyridine rings is 2. The molecule has 5 heterocycles. The number of esters is 4. The Morgan fingerprint density at radius 2 is 0.893 bits per heavy atom. The molecule has 6 atom stereocenters. The summed E-state index contributed by atoms with van der Waals surface area (Å²) in [7, 11) is 0. The van der Waals surface area contributed by atoms with E-state index in [-0.39, 0.29) is 223 Å². The SMILES string of the molecule is CCc1c2c(nc3cc(F)c(OCCNC(=O)[C@H](C)NC(=O)[C@@H](NC(=O)[C@H](CCCCNC(=O)CCOCCOCCOCCOCCNC(=O)CCOCCOCCOCCOCCNC(=O)CCOCCOCCOCCOCCNC(=O)CC[C@H](NC(=O)N[C@@H](CCC(=O)OC(C)(C)C)C(=O)OC(C)(C)C)C(=O)OC(C)(C)C)NC(=O)CCCN4C(=O)C=CC4=O)C(C)C)cc13)-c1cc3c(c(=O)n1C2)COC(=O)[C@]3(O)CC. The van der Waals surface area contributed by atoms with Gasteiger partial charge in [0.25, 0.3) is 17.4 Å². The van der Waals surface area contributed by atoms with Crippen molar-refractivity contribution in [3.05, 3.63) is 68.8 Å². The van der Waals surface area contributed by atoms with E-state index in [1.165, 1.54) is 23.6 Å². The lowest BCUT2D eigenvalue weighted by molar-refractivity contribution is -0.172. The molecule has 0 fully saturated rings. The van der Waals surface area contributed by atoms with E-state index in [4.69, 9.17) is 85.5 Å². The third kappa shape index (κ3) is 48.5. The van der Waals surface area contributed by atoms with Gasteiger partial charge in [-0.25, -0.2) is 28.6 Å². The van der Waals surface area contributed by atoms with Gasteiger partial charge in [0.2, 0.25) is 47.3 Å². The third-order valence-corrected chi connectivity index (χ3v) is 22.6. The van der Waals surface area contributed by atoms with E-state index in [0.29, 0.717) is 147 Å². The predicted octanol–water partition coefficient (Wildman–Crippen LogP) is 2.74. The first-order valence-electron chi connectivity index (χ1n) is 51.3. The summed E-state index contributed by atoms with van der Waals surface area (Å²) >= 11 is 0. The number of amides is 12. The minimum absolute atomic E-state index is 0.0318. The van der Waals surface area contributed by atoms with Gasteiger partial charge in [-0.05, 0) is 144 Å². The van der Waals surface area contributed by atoms with Gasteiger partial charge in [-0.3, -0.25) is 62.4 Å². The van der Waals surface area contributed by atoms with Crippen molar-refractivity contribution < 1.29 is 162 Å². The number of ether oxygens (including phenoxy) is 17. The van der Waals surface area contributed by atoms with Crippen LogP contribution in [0.25, 0.3) is 22.3 Å². The summed E-state index contributed by atoms with van der Waals surface area (Å²) in [4.78, 5) is 213. The van der Waals surface area contributed by atoms with Gasteiger partial charge in [0.1, 0.15) is 60.2 Å². The largest absolute Gasteiger partial charge is 0.489 e. The van der Waals surface area contributed by atoms with E-state index >= 15 is 4.39 Å². The van der Waals surface area contributed by atoms with E-state index in [0.717, 1.165) is 22.6 Å². The fourth-order valence-electron chi connectivity index (χ4n) is 15.1. The first kappa shape index (κ1) is 127. The number of halogens is 1. The number of hydrogen-bond donors (Lipinski definition) is 11. The Labute approximate surface area is 874 Å². The molecule has 47 nitrogen and oxygen atoms in total. The highest BCUT2D eigenvalue weighted by atomic mass is 19.1. The van der Waals surface area contributed by atoms with E-state index in [2.05, 4.69) is 53.2 Å². The fourth-order valence-corrected chi connectivity index (χ4v) is 15.1. The summed E-state index contributed by atoms with van der Waals surface area (Å²) < 4.78 is 111. The predicted molar refractivity (Wildman–Crippen MR) is 539 cm³/mol. The normalized spacial score (nSPS) is 14.8. The van der Waals surface area contributed by atoms with Crippen molar-refractivity contribution in [1.29, 1.82) is 0 Å². The smallest absolute Gasteiger partial charge is 0.343 e. The van der Waals surface area contributed by atoms with E-state index in [9.17, 15) is 81.8 Å². The first-order valence-corrected chi connectivity index (χ1v) is 51.3. The van der Waals surface area contributed by atoms with Crippen molar-refractivity contribution in [1.82, 2.24) is 67.6 Å². The van der Waals surface area contributed by atoms with E-state index < -0.39 is 141 Å². The lowest BCUT2D eigenvalue weighted by Crippen LogP contribution is -2.57. The second-order valence-electron chi connectivity index (χ2n) is 38.6. The number of nitrogens with one attached hydrogen (secondary N) is 10. The van der Waals surface area contributed by atoms with E-state index in [1.807, 2.05) is 6.92 Å². The van der Waals surface area contributed by atoms with Crippen LogP contribution in [-0.4, -0.2) is 360 Å². The fraction of sp³-hybridized carbons (Fsp3) is 0.696. The molecule has 842 valence electrons. The number of hydrogen-bond acceptors (Lipinski definition) is 35. The summed E-state index contributed by atoms with van der Waals surface area (Å²) in [5.74, 6) is -9.09. The van der Waals surface area contributed by atoms with Crippen LogP contribution in [0.5, 0.6) is 5.75 Å². The molecule has 0 saturated heterocycles. The molecule has 3 aliphatic heterocycles. The highest BCUT2D eigenvalue weighted by Crippen LogP contribution is 2.42. The van der Waals surface area contributed by atoms with Crippen LogP contribution < -0.4 is 63.5 Å². The Morgan fingerprint density at radius 1 is 0.453 bits per heavy atom. The number of rotatable bonds is 77.